The van der Waals surface area contributed by atoms with Crippen molar-refractivity contribution in [2.75, 3.05) is 39.8 Å². The highest BCUT2D eigenvalue weighted by molar-refractivity contribution is 5.74. The Morgan fingerprint density at radius 3 is 2.64 bits per heavy atom. The van der Waals surface area contributed by atoms with E-state index in [1.165, 1.54) is 37.7 Å². The van der Waals surface area contributed by atoms with Crippen molar-refractivity contribution in [2.45, 2.75) is 44.6 Å². The topological polar surface area (TPSA) is 44.8 Å². The maximum absolute atomic E-state index is 12.4. The fourth-order valence-corrected chi connectivity index (χ4v) is 3.99. The standard InChI is InChI=1S/C20H31N3O2/c1-25-19-9-5-6-17(16-19)10-11-21-20(24)23-14-12-22(13-15-23)18-7-3-2-4-8-18/h5-6,9,16,18H,2-4,7-8,10-15H2,1H3,(H,21,24). The van der Waals surface area contributed by atoms with E-state index in [1.54, 1.807) is 7.11 Å². The lowest BCUT2D eigenvalue weighted by Gasteiger charge is -2.40. The number of piperazine rings is 1. The molecule has 0 radical (unpaired) electrons. The van der Waals surface area contributed by atoms with Crippen LogP contribution in [0.5, 0.6) is 5.75 Å². The lowest BCUT2D eigenvalue weighted by molar-refractivity contribution is 0.0907. The first-order valence-corrected chi connectivity index (χ1v) is 9.66. The summed E-state index contributed by atoms with van der Waals surface area (Å²) in [7, 11) is 1.67. The molecule has 2 amide bonds. The number of urea groups is 1. The molecule has 1 aromatic carbocycles. The Balaban J connectivity index is 1.37. The molecule has 1 N–H and O–H groups in total. The molecule has 5 nitrogen and oxygen atoms in total. The Kier molecular flexibility index (Phi) is 6.56. The number of ether oxygens (including phenoxy) is 1. The molecule has 0 unspecified atom stereocenters. The van der Waals surface area contributed by atoms with E-state index >= 15 is 0 Å². The number of hydrogen-bond acceptors (Lipinski definition) is 3. The maximum Gasteiger partial charge on any atom is 0.317 e. The van der Waals surface area contributed by atoms with Crippen LogP contribution in [0.15, 0.2) is 24.3 Å². The summed E-state index contributed by atoms with van der Waals surface area (Å²) < 4.78 is 5.24. The van der Waals surface area contributed by atoms with Crippen LogP contribution in [-0.4, -0.2) is 61.7 Å². The van der Waals surface area contributed by atoms with E-state index in [4.69, 9.17) is 4.74 Å². The smallest absolute Gasteiger partial charge is 0.317 e. The van der Waals surface area contributed by atoms with Crippen molar-refractivity contribution in [2.24, 2.45) is 0 Å². The fourth-order valence-electron chi connectivity index (χ4n) is 3.99. The molecule has 1 aromatic rings. The third kappa shape index (κ3) is 5.11. The normalized spacial score (nSPS) is 19.6. The molecule has 1 aliphatic heterocycles. The molecule has 5 heteroatoms. The van der Waals surface area contributed by atoms with E-state index in [2.05, 4.69) is 16.3 Å². The van der Waals surface area contributed by atoms with Crippen LogP contribution in [0.1, 0.15) is 37.7 Å². The van der Waals surface area contributed by atoms with Gasteiger partial charge in [-0.25, -0.2) is 4.79 Å². The molecular formula is C20H31N3O2. The van der Waals surface area contributed by atoms with Crippen LogP contribution in [0.4, 0.5) is 4.79 Å². The average molecular weight is 345 g/mol. The maximum atomic E-state index is 12.4. The number of benzene rings is 1. The summed E-state index contributed by atoms with van der Waals surface area (Å²) in [6.45, 7) is 4.40. The summed E-state index contributed by atoms with van der Waals surface area (Å²) in [5.41, 5.74) is 1.18. The van der Waals surface area contributed by atoms with Crippen molar-refractivity contribution < 1.29 is 9.53 Å². The Bertz CT molecular complexity index is 550. The minimum atomic E-state index is 0.0752. The monoisotopic (exact) mass is 345 g/mol. The number of carbonyl (C=O) groups is 1. The van der Waals surface area contributed by atoms with Crippen molar-refractivity contribution in [1.29, 1.82) is 0 Å². The van der Waals surface area contributed by atoms with Crippen LogP contribution < -0.4 is 10.1 Å². The number of methoxy groups -OCH3 is 1. The quantitative estimate of drug-likeness (QED) is 0.892. The van der Waals surface area contributed by atoms with E-state index in [0.29, 0.717) is 6.54 Å². The van der Waals surface area contributed by atoms with Gasteiger partial charge in [-0.05, 0) is 37.0 Å². The van der Waals surface area contributed by atoms with Crippen molar-refractivity contribution >= 4 is 6.03 Å². The lowest BCUT2D eigenvalue weighted by atomic mass is 9.94. The largest absolute Gasteiger partial charge is 0.497 e. The zero-order chi connectivity index (χ0) is 17.5. The molecule has 138 valence electrons. The van der Waals surface area contributed by atoms with Crippen LogP contribution in [0.3, 0.4) is 0 Å². The zero-order valence-corrected chi connectivity index (χ0v) is 15.4. The summed E-state index contributed by atoms with van der Waals surface area (Å²) in [5, 5.41) is 3.06. The van der Waals surface area contributed by atoms with Crippen LogP contribution in [0, 0.1) is 0 Å². The van der Waals surface area contributed by atoms with Crippen molar-refractivity contribution in [3.8, 4) is 5.75 Å². The minimum absolute atomic E-state index is 0.0752. The van der Waals surface area contributed by atoms with Crippen LogP contribution in [0.2, 0.25) is 0 Å². The molecule has 3 rings (SSSR count). The lowest BCUT2D eigenvalue weighted by Crippen LogP contribution is -2.54. The van der Waals surface area contributed by atoms with Crippen molar-refractivity contribution in [3.63, 3.8) is 0 Å². The predicted octanol–water partition coefficient (Wildman–Crippen LogP) is 2.90. The predicted molar refractivity (Wildman–Crippen MR) is 100 cm³/mol. The Morgan fingerprint density at radius 1 is 1.16 bits per heavy atom. The van der Waals surface area contributed by atoms with Crippen LogP contribution in [-0.2, 0) is 6.42 Å². The van der Waals surface area contributed by atoms with Gasteiger partial charge in [0.25, 0.3) is 0 Å². The molecule has 1 heterocycles. The first kappa shape index (κ1) is 18.1. The number of rotatable bonds is 5. The second-order valence-electron chi connectivity index (χ2n) is 7.15. The van der Waals surface area contributed by atoms with E-state index in [-0.39, 0.29) is 6.03 Å². The molecular weight excluding hydrogens is 314 g/mol. The van der Waals surface area contributed by atoms with Gasteiger partial charge in [-0.2, -0.15) is 0 Å². The molecule has 1 saturated heterocycles. The Labute approximate surface area is 151 Å². The highest BCUT2D eigenvalue weighted by Crippen LogP contribution is 2.23. The van der Waals surface area contributed by atoms with Crippen LogP contribution in [0.25, 0.3) is 0 Å². The van der Waals surface area contributed by atoms with Gasteiger partial charge >= 0.3 is 6.03 Å². The van der Waals surface area contributed by atoms with E-state index in [1.807, 2.05) is 23.1 Å². The van der Waals surface area contributed by atoms with Gasteiger partial charge in [-0.15, -0.1) is 0 Å². The molecule has 0 spiro atoms. The molecule has 0 atom stereocenters. The molecule has 0 bridgehead atoms. The SMILES string of the molecule is COc1cccc(CCNC(=O)N2CCN(C3CCCCC3)CC2)c1. The number of carbonyl (C=O) groups excluding carboxylic acids is 1. The van der Waals surface area contributed by atoms with E-state index in [9.17, 15) is 4.79 Å². The van der Waals surface area contributed by atoms with Crippen molar-refractivity contribution in [1.82, 2.24) is 15.1 Å². The molecule has 0 aromatic heterocycles. The molecule has 25 heavy (non-hydrogen) atoms. The summed E-state index contributed by atoms with van der Waals surface area (Å²) in [5.74, 6) is 0.864. The van der Waals surface area contributed by atoms with Gasteiger partial charge in [-0.3, -0.25) is 4.90 Å². The van der Waals surface area contributed by atoms with Gasteiger partial charge in [0.2, 0.25) is 0 Å². The van der Waals surface area contributed by atoms with Gasteiger partial charge in [0, 0.05) is 38.8 Å². The third-order valence-corrected chi connectivity index (χ3v) is 5.52. The first-order chi connectivity index (χ1) is 12.3. The average Bonchev–Trinajstić information content (AvgIpc) is 2.69. The van der Waals surface area contributed by atoms with Crippen molar-refractivity contribution in [3.05, 3.63) is 29.8 Å². The zero-order valence-electron chi connectivity index (χ0n) is 15.4. The van der Waals surface area contributed by atoms with E-state index < -0.39 is 0 Å². The fraction of sp³-hybridized carbons (Fsp3) is 0.650. The Morgan fingerprint density at radius 2 is 1.92 bits per heavy atom. The van der Waals surface area contributed by atoms with Crippen LogP contribution >= 0.6 is 0 Å². The second-order valence-corrected chi connectivity index (χ2v) is 7.15. The summed E-state index contributed by atoms with van der Waals surface area (Å²) in [4.78, 5) is 16.9. The number of amides is 2. The number of nitrogens with one attached hydrogen (secondary N) is 1. The molecule has 1 saturated carbocycles. The van der Waals surface area contributed by atoms with E-state index in [0.717, 1.165) is 44.4 Å². The molecule has 2 aliphatic rings. The Hall–Kier alpha value is -1.75. The number of nitrogens with zero attached hydrogens (tertiary/aromatic N) is 2. The minimum Gasteiger partial charge on any atom is -0.497 e. The summed E-state index contributed by atoms with van der Waals surface area (Å²) in [6.07, 6.45) is 7.64. The third-order valence-electron chi connectivity index (χ3n) is 5.52. The highest BCUT2D eigenvalue weighted by Gasteiger charge is 2.26. The van der Waals surface area contributed by atoms with Gasteiger partial charge in [0.05, 0.1) is 7.11 Å². The summed E-state index contributed by atoms with van der Waals surface area (Å²) >= 11 is 0. The first-order valence-electron chi connectivity index (χ1n) is 9.66. The van der Waals surface area contributed by atoms with Gasteiger partial charge in [0.1, 0.15) is 5.75 Å². The number of hydrogen-bond donors (Lipinski definition) is 1. The van der Waals surface area contributed by atoms with Gasteiger partial charge in [-0.1, -0.05) is 31.4 Å². The molecule has 1 aliphatic carbocycles. The highest BCUT2D eigenvalue weighted by atomic mass is 16.5. The summed E-state index contributed by atoms with van der Waals surface area (Å²) in [6, 6.07) is 8.85. The molecule has 2 fully saturated rings. The second kappa shape index (κ2) is 9.09. The van der Waals surface area contributed by atoms with Gasteiger partial charge in [0.15, 0.2) is 0 Å². The van der Waals surface area contributed by atoms with Gasteiger partial charge < -0.3 is 15.0 Å².